The highest BCUT2D eigenvalue weighted by molar-refractivity contribution is 5.96. The van der Waals surface area contributed by atoms with Gasteiger partial charge in [-0.05, 0) is 70.7 Å². The number of amides is 4. The molecule has 0 bridgehead atoms. The highest BCUT2D eigenvalue weighted by Gasteiger charge is 2.30. The van der Waals surface area contributed by atoms with Gasteiger partial charge in [-0.15, -0.1) is 0 Å². The van der Waals surface area contributed by atoms with Crippen molar-refractivity contribution >= 4 is 47.5 Å². The predicted octanol–water partition coefficient (Wildman–Crippen LogP) is 2.70. The number of esters is 2. The number of carbonyl (C=O) groups excluding carboxylic acids is 6. The summed E-state index contributed by atoms with van der Waals surface area (Å²) in [5.74, 6) is -3.38. The minimum absolute atomic E-state index is 0.0342. The highest BCUT2D eigenvalue weighted by atomic mass is 16.6. The van der Waals surface area contributed by atoms with Gasteiger partial charge >= 0.3 is 18.0 Å². The molecule has 1 aromatic rings. The van der Waals surface area contributed by atoms with Gasteiger partial charge in [0.15, 0.2) is 0 Å². The summed E-state index contributed by atoms with van der Waals surface area (Å²) >= 11 is 0. The Kier molecular flexibility index (Phi) is 15.5. The van der Waals surface area contributed by atoms with Gasteiger partial charge in [-0.3, -0.25) is 24.5 Å². The van der Waals surface area contributed by atoms with Crippen LogP contribution in [0.25, 0.3) is 6.08 Å². The lowest BCUT2D eigenvalue weighted by atomic mass is 10.0. The molecule has 1 rings (SSSR count). The molecular weight excluding hydrogens is 560 g/mol. The lowest BCUT2D eigenvalue weighted by molar-refractivity contribution is -0.149. The molecular formula is C30H44N4O9. The van der Waals surface area contributed by atoms with Gasteiger partial charge in [0.2, 0.25) is 17.7 Å². The van der Waals surface area contributed by atoms with Crippen LogP contribution in [-0.4, -0.2) is 73.2 Å². The van der Waals surface area contributed by atoms with Crippen LogP contribution >= 0.6 is 0 Å². The molecule has 0 saturated heterocycles. The molecule has 2 atom stereocenters. The maximum absolute atomic E-state index is 13.0. The molecule has 0 spiro atoms. The van der Waals surface area contributed by atoms with Crippen LogP contribution in [0.2, 0.25) is 0 Å². The Hall–Kier alpha value is -4.42. The van der Waals surface area contributed by atoms with Gasteiger partial charge in [0, 0.05) is 18.2 Å². The summed E-state index contributed by atoms with van der Waals surface area (Å²) in [7, 11) is 0. The summed E-state index contributed by atoms with van der Waals surface area (Å²) in [6.07, 6.45) is 2.04. The molecule has 0 fully saturated rings. The quantitative estimate of drug-likeness (QED) is 0.133. The fourth-order valence-electron chi connectivity index (χ4n) is 3.51. The third-order valence-electron chi connectivity index (χ3n) is 5.50. The summed E-state index contributed by atoms with van der Waals surface area (Å²) in [6.45, 7) is 11.8. The van der Waals surface area contributed by atoms with Gasteiger partial charge < -0.3 is 30.2 Å². The maximum atomic E-state index is 13.0. The standard InChI is InChI=1S/C30H44N4O9/c1-8-41-25(37)17-15-22(28(39)42-9-2)33-27(38)26(19(3)4)34-24(36)18-31-23(35)16-12-20-10-13-21(14-11-20)32-29(40)43-30(5,6)7/h10-14,16,19,22,26H,8-9,15,17-18H2,1-7H3,(H,31,35)(H,32,40)(H,33,38)(H,34,36)/b16-12+/t22-,26+/m1/s1. The van der Waals surface area contributed by atoms with Crippen LogP contribution < -0.4 is 21.3 Å². The molecule has 0 heterocycles. The molecule has 4 N–H and O–H groups in total. The first-order chi connectivity index (χ1) is 20.1. The fourth-order valence-corrected chi connectivity index (χ4v) is 3.51. The molecule has 0 unspecified atom stereocenters. The van der Waals surface area contributed by atoms with Crippen LogP contribution in [0.1, 0.15) is 66.9 Å². The van der Waals surface area contributed by atoms with Crippen molar-refractivity contribution in [2.75, 3.05) is 25.1 Å². The molecule has 0 radical (unpaired) electrons. The zero-order valence-electron chi connectivity index (χ0n) is 25.9. The second-order valence-corrected chi connectivity index (χ2v) is 10.7. The largest absolute Gasteiger partial charge is 0.466 e. The zero-order chi connectivity index (χ0) is 32.6. The van der Waals surface area contributed by atoms with Crippen LogP contribution in [0.5, 0.6) is 0 Å². The van der Waals surface area contributed by atoms with E-state index in [2.05, 4.69) is 21.3 Å². The van der Waals surface area contributed by atoms with E-state index in [1.807, 2.05) is 0 Å². The Balaban J connectivity index is 2.67. The third-order valence-corrected chi connectivity index (χ3v) is 5.50. The molecule has 0 aliphatic carbocycles. The molecule has 13 nitrogen and oxygen atoms in total. The Morgan fingerprint density at radius 1 is 0.907 bits per heavy atom. The van der Waals surface area contributed by atoms with Crippen molar-refractivity contribution in [3.05, 3.63) is 35.9 Å². The van der Waals surface area contributed by atoms with E-state index in [0.29, 0.717) is 11.3 Å². The molecule has 43 heavy (non-hydrogen) atoms. The Morgan fingerprint density at radius 2 is 1.53 bits per heavy atom. The number of carbonyl (C=O) groups is 6. The monoisotopic (exact) mass is 604 g/mol. The van der Waals surface area contributed by atoms with Gasteiger partial charge in [0.05, 0.1) is 19.8 Å². The second kappa shape index (κ2) is 18.2. The van der Waals surface area contributed by atoms with E-state index in [9.17, 15) is 28.8 Å². The van der Waals surface area contributed by atoms with Crippen molar-refractivity contribution in [1.29, 1.82) is 0 Å². The van der Waals surface area contributed by atoms with Crippen molar-refractivity contribution in [3.8, 4) is 0 Å². The van der Waals surface area contributed by atoms with Crippen LogP contribution in [0.4, 0.5) is 10.5 Å². The van der Waals surface area contributed by atoms with Crippen LogP contribution in [0.15, 0.2) is 30.3 Å². The average Bonchev–Trinajstić information content (AvgIpc) is 2.91. The number of hydrogen-bond donors (Lipinski definition) is 4. The zero-order valence-corrected chi connectivity index (χ0v) is 25.9. The minimum Gasteiger partial charge on any atom is -0.466 e. The summed E-state index contributed by atoms with van der Waals surface area (Å²) in [4.78, 5) is 73.7. The van der Waals surface area contributed by atoms with E-state index in [0.717, 1.165) is 0 Å². The normalized spacial score (nSPS) is 12.6. The Labute approximate surface area is 252 Å². The molecule has 0 aromatic heterocycles. The molecule has 13 heteroatoms. The molecule has 1 aromatic carbocycles. The van der Waals surface area contributed by atoms with E-state index in [1.165, 1.54) is 12.2 Å². The SMILES string of the molecule is CCOC(=O)CC[C@@H](NC(=O)[C@@H](NC(=O)CNC(=O)/C=C/c1ccc(NC(=O)OC(C)(C)C)cc1)C(C)C)C(=O)OCC. The number of hydrogen-bond acceptors (Lipinski definition) is 9. The van der Waals surface area contributed by atoms with E-state index in [4.69, 9.17) is 14.2 Å². The Morgan fingerprint density at radius 3 is 2.09 bits per heavy atom. The van der Waals surface area contributed by atoms with Crippen molar-refractivity contribution in [3.63, 3.8) is 0 Å². The minimum atomic E-state index is -1.11. The van der Waals surface area contributed by atoms with Gasteiger partial charge in [-0.1, -0.05) is 26.0 Å². The van der Waals surface area contributed by atoms with E-state index in [1.54, 1.807) is 72.7 Å². The van der Waals surface area contributed by atoms with Crippen molar-refractivity contribution < 1.29 is 43.0 Å². The van der Waals surface area contributed by atoms with Gasteiger partial charge in [0.1, 0.15) is 17.7 Å². The summed E-state index contributed by atoms with van der Waals surface area (Å²) in [5, 5.41) is 10.2. The number of rotatable bonds is 15. The van der Waals surface area contributed by atoms with Gasteiger partial charge in [-0.2, -0.15) is 0 Å². The first kappa shape index (κ1) is 36.6. The molecule has 4 amide bonds. The van der Waals surface area contributed by atoms with Crippen LogP contribution in [-0.2, 0) is 38.2 Å². The van der Waals surface area contributed by atoms with Crippen molar-refractivity contribution in [1.82, 2.24) is 16.0 Å². The average molecular weight is 605 g/mol. The topological polar surface area (TPSA) is 178 Å². The number of anilines is 1. The van der Waals surface area contributed by atoms with Gasteiger partial charge in [-0.25, -0.2) is 9.59 Å². The summed E-state index contributed by atoms with van der Waals surface area (Å²) in [6, 6.07) is 4.54. The number of benzene rings is 1. The predicted molar refractivity (Wildman–Crippen MR) is 160 cm³/mol. The van der Waals surface area contributed by atoms with Gasteiger partial charge in [0.25, 0.3) is 0 Å². The second-order valence-electron chi connectivity index (χ2n) is 10.7. The van der Waals surface area contributed by atoms with Crippen LogP contribution in [0, 0.1) is 5.92 Å². The smallest absolute Gasteiger partial charge is 0.412 e. The van der Waals surface area contributed by atoms with Crippen LogP contribution in [0.3, 0.4) is 0 Å². The van der Waals surface area contributed by atoms with E-state index >= 15 is 0 Å². The number of nitrogens with one attached hydrogen (secondary N) is 4. The number of ether oxygens (including phenoxy) is 3. The van der Waals surface area contributed by atoms with E-state index in [-0.39, 0.29) is 32.0 Å². The molecule has 0 saturated carbocycles. The van der Waals surface area contributed by atoms with Crippen molar-refractivity contribution in [2.45, 2.75) is 79.0 Å². The van der Waals surface area contributed by atoms with E-state index < -0.39 is 60.0 Å². The lowest BCUT2D eigenvalue weighted by Gasteiger charge is -2.24. The fraction of sp³-hybridized carbons (Fsp3) is 0.533. The highest BCUT2D eigenvalue weighted by Crippen LogP contribution is 2.14. The third kappa shape index (κ3) is 15.4. The molecule has 0 aliphatic heterocycles. The molecule has 0 aliphatic rings. The first-order valence-corrected chi connectivity index (χ1v) is 14.1. The van der Waals surface area contributed by atoms with Crippen molar-refractivity contribution in [2.24, 2.45) is 5.92 Å². The first-order valence-electron chi connectivity index (χ1n) is 14.1. The molecule has 238 valence electrons. The summed E-state index contributed by atoms with van der Waals surface area (Å²) < 4.78 is 15.1. The lowest BCUT2D eigenvalue weighted by Crippen LogP contribution is -2.55. The summed E-state index contributed by atoms with van der Waals surface area (Å²) in [5.41, 5.74) is 0.563. The maximum Gasteiger partial charge on any atom is 0.412 e. The Bertz CT molecular complexity index is 1140.